The largest absolute Gasteiger partial charge is 0.446 e. The van der Waals surface area contributed by atoms with Crippen LogP contribution in [0, 0.1) is 0 Å². The van der Waals surface area contributed by atoms with Gasteiger partial charge in [-0.3, -0.25) is 0 Å². The Morgan fingerprint density at radius 1 is 1.08 bits per heavy atom. The summed E-state index contributed by atoms with van der Waals surface area (Å²) < 4.78 is 35.6. The molecule has 0 nitrogen and oxygen atoms in total. The van der Waals surface area contributed by atoms with E-state index in [4.69, 9.17) is 23.2 Å². The molecule has 0 N–H and O–H groups in total. The van der Waals surface area contributed by atoms with Crippen LogP contribution in [0.4, 0.5) is 13.2 Å². The Kier molecular flexibility index (Phi) is 3.38. The van der Waals surface area contributed by atoms with Gasteiger partial charge in [0.05, 0.1) is 10.0 Å². The van der Waals surface area contributed by atoms with Gasteiger partial charge < -0.3 is 0 Å². The molecule has 0 atom stereocenters. The summed E-state index contributed by atoms with van der Waals surface area (Å²) in [6.45, 7) is 0. The summed E-state index contributed by atoms with van der Waals surface area (Å²) in [6.07, 6.45) is 0. The second-order valence-corrected chi connectivity index (χ2v) is 4.08. The molecule has 0 saturated heterocycles. The first-order valence-corrected chi connectivity index (χ1v) is 4.66. The molecule has 0 aliphatic heterocycles. The van der Waals surface area contributed by atoms with Gasteiger partial charge in [0.15, 0.2) is 0 Å². The molecule has 0 radical (unpaired) electrons. The van der Waals surface area contributed by atoms with Crippen LogP contribution >= 0.6 is 35.0 Å². The molecule has 0 spiro atoms. The highest BCUT2D eigenvalue weighted by molar-refractivity contribution is 8.00. The molecule has 0 amide bonds. The smallest absolute Gasteiger partial charge is 0.160 e. The van der Waals surface area contributed by atoms with E-state index in [1.807, 2.05) is 0 Å². The monoisotopic (exact) mass is 246 g/mol. The first-order chi connectivity index (χ1) is 5.88. The molecule has 0 aromatic heterocycles. The average Bonchev–Trinajstić information content (AvgIpc) is 1.94. The van der Waals surface area contributed by atoms with Gasteiger partial charge in [-0.1, -0.05) is 23.2 Å². The quantitative estimate of drug-likeness (QED) is 0.653. The van der Waals surface area contributed by atoms with Gasteiger partial charge in [-0.2, -0.15) is 13.2 Å². The molecule has 6 heteroatoms. The highest BCUT2D eigenvalue weighted by Gasteiger charge is 2.29. The van der Waals surface area contributed by atoms with Crippen molar-refractivity contribution in [2.45, 2.75) is 10.4 Å². The minimum Gasteiger partial charge on any atom is -0.160 e. The van der Waals surface area contributed by atoms with Crippen molar-refractivity contribution in [3.63, 3.8) is 0 Å². The molecule has 0 heterocycles. The summed E-state index contributed by atoms with van der Waals surface area (Å²) in [5.41, 5.74) is -4.29. The second-order valence-electron chi connectivity index (χ2n) is 2.12. The lowest BCUT2D eigenvalue weighted by Gasteiger charge is -2.05. The molecule has 0 aliphatic rings. The van der Waals surface area contributed by atoms with Crippen molar-refractivity contribution in [2.24, 2.45) is 0 Å². The summed E-state index contributed by atoms with van der Waals surface area (Å²) in [5.74, 6) is 0. The van der Waals surface area contributed by atoms with Crippen LogP contribution in [0.2, 0.25) is 10.0 Å². The van der Waals surface area contributed by atoms with Crippen molar-refractivity contribution in [1.82, 2.24) is 0 Å². The lowest BCUT2D eigenvalue weighted by atomic mass is 10.4. The van der Waals surface area contributed by atoms with E-state index in [1.54, 1.807) is 0 Å². The minimum absolute atomic E-state index is 0.0295. The fourth-order valence-electron chi connectivity index (χ4n) is 0.674. The molecule has 0 aliphatic carbocycles. The van der Waals surface area contributed by atoms with Crippen molar-refractivity contribution in [3.8, 4) is 0 Å². The number of rotatable bonds is 1. The van der Waals surface area contributed by atoms with Crippen molar-refractivity contribution in [3.05, 3.63) is 28.2 Å². The van der Waals surface area contributed by atoms with E-state index in [-0.39, 0.29) is 26.7 Å². The summed E-state index contributed by atoms with van der Waals surface area (Å²) >= 11 is 10.8. The minimum atomic E-state index is -4.29. The Morgan fingerprint density at radius 3 is 2.15 bits per heavy atom. The Bertz CT molecular complexity index is 311. The zero-order valence-corrected chi connectivity index (χ0v) is 8.36. The number of alkyl halides is 3. The van der Waals surface area contributed by atoms with E-state index in [9.17, 15) is 13.2 Å². The van der Waals surface area contributed by atoms with Crippen LogP contribution < -0.4 is 0 Å². The van der Waals surface area contributed by atoms with Gasteiger partial charge in [0.25, 0.3) is 0 Å². The zero-order valence-electron chi connectivity index (χ0n) is 6.03. The normalized spacial score (nSPS) is 11.8. The van der Waals surface area contributed by atoms with Crippen LogP contribution in [0.25, 0.3) is 0 Å². The maximum Gasteiger partial charge on any atom is 0.446 e. The predicted molar refractivity (Wildman–Crippen MR) is 48.4 cm³/mol. The molecule has 1 rings (SSSR count). The van der Waals surface area contributed by atoms with E-state index in [1.165, 1.54) is 18.2 Å². The Labute approximate surface area is 87.0 Å². The van der Waals surface area contributed by atoms with E-state index in [2.05, 4.69) is 0 Å². The lowest BCUT2D eigenvalue weighted by molar-refractivity contribution is -0.0328. The maximum absolute atomic E-state index is 11.9. The Morgan fingerprint density at radius 2 is 1.69 bits per heavy atom. The first-order valence-electron chi connectivity index (χ1n) is 3.09. The number of halogens is 5. The van der Waals surface area contributed by atoms with Crippen molar-refractivity contribution < 1.29 is 13.2 Å². The van der Waals surface area contributed by atoms with Crippen molar-refractivity contribution >= 4 is 35.0 Å². The van der Waals surface area contributed by atoms with Crippen LogP contribution in [-0.4, -0.2) is 5.51 Å². The van der Waals surface area contributed by atoms with E-state index in [0.29, 0.717) is 0 Å². The molecule has 13 heavy (non-hydrogen) atoms. The summed E-state index contributed by atoms with van der Waals surface area (Å²) in [7, 11) is 0. The number of hydrogen-bond acceptors (Lipinski definition) is 1. The first kappa shape index (κ1) is 11.0. The SMILES string of the molecule is FC(F)(F)Sc1ccc(Cl)c(Cl)c1. The van der Waals surface area contributed by atoms with Crippen LogP contribution in [-0.2, 0) is 0 Å². The molecule has 0 unspecified atom stereocenters. The Hall–Kier alpha value is -0.0600. The number of thioether (sulfide) groups is 1. The van der Waals surface area contributed by atoms with Crippen LogP contribution in [0.1, 0.15) is 0 Å². The van der Waals surface area contributed by atoms with Crippen LogP contribution in [0.3, 0.4) is 0 Å². The Balaban J connectivity index is 2.86. The molecular weight excluding hydrogens is 244 g/mol. The maximum atomic E-state index is 11.9. The average molecular weight is 247 g/mol. The molecule has 1 aromatic rings. The number of benzene rings is 1. The predicted octanol–water partition coefficient (Wildman–Crippen LogP) is 4.61. The van der Waals surface area contributed by atoms with Crippen molar-refractivity contribution in [1.29, 1.82) is 0 Å². The molecule has 1 aromatic carbocycles. The summed E-state index contributed by atoms with van der Waals surface area (Å²) in [6, 6.07) is 3.78. The van der Waals surface area contributed by atoms with E-state index in [0.717, 1.165) is 0 Å². The zero-order chi connectivity index (χ0) is 10.1. The molecule has 0 saturated carbocycles. The van der Waals surface area contributed by atoms with Gasteiger partial charge in [-0.15, -0.1) is 0 Å². The van der Waals surface area contributed by atoms with Gasteiger partial charge >= 0.3 is 5.51 Å². The fourth-order valence-corrected chi connectivity index (χ4v) is 1.62. The van der Waals surface area contributed by atoms with Gasteiger partial charge in [0.1, 0.15) is 0 Å². The van der Waals surface area contributed by atoms with Crippen molar-refractivity contribution in [2.75, 3.05) is 0 Å². The van der Waals surface area contributed by atoms with Gasteiger partial charge in [-0.25, -0.2) is 0 Å². The second kappa shape index (κ2) is 3.98. The molecule has 0 bridgehead atoms. The standard InChI is InChI=1S/C7H3Cl2F3S/c8-5-2-1-4(3-6(5)9)13-7(10,11)12/h1-3H. The van der Waals surface area contributed by atoms with Gasteiger partial charge in [0.2, 0.25) is 0 Å². The number of hydrogen-bond donors (Lipinski definition) is 0. The third-order valence-corrected chi connectivity index (χ3v) is 2.58. The highest BCUT2D eigenvalue weighted by Crippen LogP contribution is 2.38. The molecule has 0 fully saturated rings. The topological polar surface area (TPSA) is 0 Å². The van der Waals surface area contributed by atoms with E-state index >= 15 is 0 Å². The fraction of sp³-hybridized carbons (Fsp3) is 0.143. The summed E-state index contributed by atoms with van der Waals surface area (Å²) in [4.78, 5) is 0.0295. The third kappa shape index (κ3) is 3.67. The molecule has 72 valence electrons. The van der Waals surface area contributed by atoms with Gasteiger partial charge in [0, 0.05) is 4.90 Å². The van der Waals surface area contributed by atoms with E-state index < -0.39 is 5.51 Å². The summed E-state index contributed by atoms with van der Waals surface area (Å²) in [5, 5.41) is 0.365. The van der Waals surface area contributed by atoms with Crippen LogP contribution in [0.5, 0.6) is 0 Å². The third-order valence-electron chi connectivity index (χ3n) is 1.12. The van der Waals surface area contributed by atoms with Gasteiger partial charge in [-0.05, 0) is 30.0 Å². The lowest BCUT2D eigenvalue weighted by Crippen LogP contribution is -1.98. The molecular formula is C7H3Cl2F3S. The van der Waals surface area contributed by atoms with Crippen LogP contribution in [0.15, 0.2) is 23.1 Å². The highest BCUT2D eigenvalue weighted by atomic mass is 35.5.